The summed E-state index contributed by atoms with van der Waals surface area (Å²) in [5.74, 6) is -0.544. The molecule has 0 aliphatic rings. The number of aryl methyl sites for hydroxylation is 1. The van der Waals surface area contributed by atoms with Gasteiger partial charge in [-0.05, 0) is 25.5 Å². The zero-order valence-corrected chi connectivity index (χ0v) is 12.3. The van der Waals surface area contributed by atoms with Crippen molar-refractivity contribution in [2.45, 2.75) is 25.9 Å². The van der Waals surface area contributed by atoms with E-state index in [0.29, 0.717) is 13.0 Å². The first-order valence-electron chi connectivity index (χ1n) is 6.74. The van der Waals surface area contributed by atoms with Crippen LogP contribution in [-0.4, -0.2) is 43.3 Å². The van der Waals surface area contributed by atoms with Crippen molar-refractivity contribution in [1.82, 2.24) is 5.32 Å². The molecule has 2 N–H and O–H groups in total. The fourth-order valence-corrected chi connectivity index (χ4v) is 1.62. The molecule has 6 nitrogen and oxygen atoms in total. The summed E-state index contributed by atoms with van der Waals surface area (Å²) >= 11 is 0. The van der Waals surface area contributed by atoms with Gasteiger partial charge in [0.05, 0.1) is 13.2 Å². The van der Waals surface area contributed by atoms with Gasteiger partial charge in [0.15, 0.2) is 6.10 Å². The molecule has 116 valence electrons. The smallest absolute Gasteiger partial charge is 0.334 e. The fraction of sp³-hybridized carbons (Fsp3) is 0.467. The predicted molar refractivity (Wildman–Crippen MR) is 77.4 cm³/mol. The zero-order valence-electron chi connectivity index (χ0n) is 12.3. The number of nitrogens with one attached hydrogen (secondary N) is 1. The highest BCUT2D eigenvalue weighted by atomic mass is 16.5. The Bertz CT molecular complexity index is 458. The molecule has 0 radical (unpaired) electrons. The van der Waals surface area contributed by atoms with E-state index in [-0.39, 0.29) is 18.9 Å². The van der Waals surface area contributed by atoms with Crippen LogP contribution in [-0.2, 0) is 14.3 Å². The summed E-state index contributed by atoms with van der Waals surface area (Å²) < 4.78 is 10.2. The van der Waals surface area contributed by atoms with E-state index in [9.17, 15) is 9.59 Å². The number of ether oxygens (including phenoxy) is 2. The number of carbonyl (C=O) groups is 2. The van der Waals surface area contributed by atoms with E-state index in [1.54, 1.807) is 0 Å². The molecular weight excluding hydrogens is 274 g/mol. The van der Waals surface area contributed by atoms with Crippen molar-refractivity contribution in [1.29, 1.82) is 0 Å². The molecule has 1 aromatic rings. The van der Waals surface area contributed by atoms with Gasteiger partial charge in [0.1, 0.15) is 5.75 Å². The maximum absolute atomic E-state index is 11.5. The third kappa shape index (κ3) is 6.76. The summed E-state index contributed by atoms with van der Waals surface area (Å²) in [6, 6.07) is 7.68. The largest absolute Gasteiger partial charge is 0.494 e. The highest BCUT2D eigenvalue weighted by molar-refractivity contribution is 5.78. The Morgan fingerprint density at radius 3 is 2.52 bits per heavy atom. The van der Waals surface area contributed by atoms with Crippen molar-refractivity contribution >= 4 is 11.9 Å². The Balaban J connectivity index is 2.16. The van der Waals surface area contributed by atoms with Crippen LogP contribution in [0.25, 0.3) is 0 Å². The second kappa shape index (κ2) is 8.97. The summed E-state index contributed by atoms with van der Waals surface area (Å²) in [5.41, 5.74) is 1.16. The lowest BCUT2D eigenvalue weighted by atomic mass is 10.2. The fourth-order valence-electron chi connectivity index (χ4n) is 1.62. The Hall–Kier alpha value is -2.08. The molecule has 21 heavy (non-hydrogen) atoms. The number of aliphatic carboxylic acids is 1. The molecule has 0 aliphatic carbocycles. The average Bonchev–Trinajstić information content (AvgIpc) is 2.45. The predicted octanol–water partition coefficient (Wildman–Crippen LogP) is 1.37. The van der Waals surface area contributed by atoms with E-state index < -0.39 is 12.1 Å². The Morgan fingerprint density at radius 2 is 1.95 bits per heavy atom. The number of rotatable bonds is 9. The van der Waals surface area contributed by atoms with Crippen LogP contribution in [0.3, 0.4) is 0 Å². The minimum Gasteiger partial charge on any atom is -0.494 e. The van der Waals surface area contributed by atoms with Crippen LogP contribution in [0.15, 0.2) is 24.3 Å². The lowest BCUT2D eigenvalue weighted by Crippen LogP contribution is -2.37. The van der Waals surface area contributed by atoms with Gasteiger partial charge >= 0.3 is 5.97 Å². The van der Waals surface area contributed by atoms with Crippen molar-refractivity contribution < 1.29 is 24.2 Å². The number of methoxy groups -OCH3 is 1. The number of hydrogen-bond donors (Lipinski definition) is 2. The van der Waals surface area contributed by atoms with Crippen LogP contribution in [0, 0.1) is 6.92 Å². The third-order valence-corrected chi connectivity index (χ3v) is 2.88. The Morgan fingerprint density at radius 1 is 1.29 bits per heavy atom. The van der Waals surface area contributed by atoms with Crippen molar-refractivity contribution in [2.24, 2.45) is 0 Å². The summed E-state index contributed by atoms with van der Waals surface area (Å²) in [6.45, 7) is 2.39. The van der Waals surface area contributed by atoms with Gasteiger partial charge in [-0.15, -0.1) is 0 Å². The Kier molecular flexibility index (Phi) is 7.25. The highest BCUT2D eigenvalue weighted by Gasteiger charge is 2.16. The number of hydrogen-bond acceptors (Lipinski definition) is 4. The number of amides is 1. The average molecular weight is 295 g/mol. The van der Waals surface area contributed by atoms with Crippen molar-refractivity contribution in [3.63, 3.8) is 0 Å². The molecule has 1 rings (SSSR count). The standard InChI is InChI=1S/C15H21NO5/c1-11-5-7-12(8-6-11)21-9-3-4-14(17)16-10-13(20-2)15(18)19/h5-8,13H,3-4,9-10H2,1-2H3,(H,16,17)(H,18,19). The molecule has 0 heterocycles. The summed E-state index contributed by atoms with van der Waals surface area (Å²) in [4.78, 5) is 22.2. The van der Waals surface area contributed by atoms with Gasteiger partial charge in [-0.3, -0.25) is 4.79 Å². The molecule has 0 saturated heterocycles. The number of carboxylic acid groups (broad SMARTS) is 1. The van der Waals surface area contributed by atoms with Crippen molar-refractivity contribution in [2.75, 3.05) is 20.3 Å². The molecular formula is C15H21NO5. The normalized spacial score (nSPS) is 11.7. The lowest BCUT2D eigenvalue weighted by Gasteiger charge is -2.11. The maximum atomic E-state index is 11.5. The lowest BCUT2D eigenvalue weighted by molar-refractivity contribution is -0.148. The van der Waals surface area contributed by atoms with Crippen LogP contribution in [0.2, 0.25) is 0 Å². The van der Waals surface area contributed by atoms with Gasteiger partial charge in [0.25, 0.3) is 0 Å². The van der Waals surface area contributed by atoms with E-state index in [4.69, 9.17) is 14.6 Å². The summed E-state index contributed by atoms with van der Waals surface area (Å²) in [6.07, 6.45) is -0.176. The van der Waals surface area contributed by atoms with Crippen LogP contribution in [0.4, 0.5) is 0 Å². The van der Waals surface area contributed by atoms with Gasteiger partial charge in [-0.1, -0.05) is 17.7 Å². The zero-order chi connectivity index (χ0) is 15.7. The highest BCUT2D eigenvalue weighted by Crippen LogP contribution is 2.11. The molecule has 1 aromatic carbocycles. The van der Waals surface area contributed by atoms with Crippen LogP contribution in [0.1, 0.15) is 18.4 Å². The molecule has 1 atom stereocenters. The molecule has 1 amide bonds. The molecule has 0 spiro atoms. The van der Waals surface area contributed by atoms with Crippen molar-refractivity contribution in [3.8, 4) is 5.75 Å². The van der Waals surface area contributed by atoms with Gasteiger partial charge in [0.2, 0.25) is 5.91 Å². The van der Waals surface area contributed by atoms with Crippen LogP contribution in [0.5, 0.6) is 5.75 Å². The number of carbonyl (C=O) groups excluding carboxylic acids is 1. The second-order valence-electron chi connectivity index (χ2n) is 4.63. The van der Waals surface area contributed by atoms with Gasteiger partial charge in [0, 0.05) is 13.5 Å². The van der Waals surface area contributed by atoms with E-state index >= 15 is 0 Å². The molecule has 0 saturated carbocycles. The van der Waals surface area contributed by atoms with E-state index in [0.717, 1.165) is 11.3 Å². The molecule has 0 aliphatic heterocycles. The topological polar surface area (TPSA) is 84.9 Å². The van der Waals surface area contributed by atoms with Gasteiger partial charge in [-0.25, -0.2) is 4.79 Å². The van der Waals surface area contributed by atoms with Crippen molar-refractivity contribution in [3.05, 3.63) is 29.8 Å². The van der Waals surface area contributed by atoms with Gasteiger partial charge < -0.3 is 19.9 Å². The first-order chi connectivity index (χ1) is 10.0. The quantitative estimate of drug-likeness (QED) is 0.672. The minimum absolute atomic E-state index is 0.0382. The number of benzene rings is 1. The monoisotopic (exact) mass is 295 g/mol. The van der Waals surface area contributed by atoms with E-state index in [2.05, 4.69) is 5.32 Å². The Labute approximate surface area is 124 Å². The SMILES string of the molecule is COC(CNC(=O)CCCOc1ccc(C)cc1)C(=O)O. The summed E-state index contributed by atoms with van der Waals surface area (Å²) in [7, 11) is 1.29. The van der Waals surface area contributed by atoms with Crippen LogP contribution < -0.4 is 10.1 Å². The summed E-state index contributed by atoms with van der Waals surface area (Å²) in [5, 5.41) is 11.3. The molecule has 0 aromatic heterocycles. The third-order valence-electron chi connectivity index (χ3n) is 2.88. The number of carboxylic acids is 1. The molecule has 0 bridgehead atoms. The molecule has 0 fully saturated rings. The first kappa shape index (κ1) is 17.0. The molecule has 6 heteroatoms. The van der Waals surface area contributed by atoms with Gasteiger partial charge in [-0.2, -0.15) is 0 Å². The van der Waals surface area contributed by atoms with E-state index in [1.807, 2.05) is 31.2 Å². The molecule has 1 unspecified atom stereocenters. The second-order valence-corrected chi connectivity index (χ2v) is 4.63. The van der Waals surface area contributed by atoms with E-state index in [1.165, 1.54) is 7.11 Å². The van der Waals surface area contributed by atoms with Crippen LogP contribution >= 0.6 is 0 Å². The minimum atomic E-state index is -1.10. The first-order valence-corrected chi connectivity index (χ1v) is 6.74. The maximum Gasteiger partial charge on any atom is 0.334 e.